The van der Waals surface area contributed by atoms with Crippen molar-refractivity contribution in [2.75, 3.05) is 12.4 Å². The van der Waals surface area contributed by atoms with Crippen LogP contribution in [0.1, 0.15) is 50.5 Å². The zero-order chi connectivity index (χ0) is 20.2. The van der Waals surface area contributed by atoms with Crippen LogP contribution in [-0.2, 0) is 4.79 Å². The molecule has 5 nitrogen and oxygen atoms in total. The summed E-state index contributed by atoms with van der Waals surface area (Å²) in [5, 5.41) is 3.06. The monoisotopic (exact) mass is 391 g/mol. The normalized spacial score (nSPS) is 14.8. The molecule has 3 aromatic rings. The van der Waals surface area contributed by atoms with Crippen molar-refractivity contribution < 1.29 is 9.53 Å². The maximum atomic E-state index is 12.6. The second kappa shape index (κ2) is 8.68. The molecule has 152 valence electrons. The first kappa shape index (κ1) is 19.5. The summed E-state index contributed by atoms with van der Waals surface area (Å²) < 4.78 is 7.49. The van der Waals surface area contributed by atoms with Crippen LogP contribution in [-0.4, -0.2) is 22.4 Å². The molecule has 1 aliphatic carbocycles. The summed E-state index contributed by atoms with van der Waals surface area (Å²) in [6.45, 7) is 2.05. The lowest BCUT2D eigenvalue weighted by Gasteiger charge is -2.21. The van der Waals surface area contributed by atoms with Gasteiger partial charge in [0, 0.05) is 24.4 Å². The fraction of sp³-hybridized carbons (Fsp3) is 0.417. The fourth-order valence-corrected chi connectivity index (χ4v) is 4.28. The first-order valence-corrected chi connectivity index (χ1v) is 10.6. The van der Waals surface area contributed by atoms with Gasteiger partial charge in [0.15, 0.2) is 0 Å². The molecule has 1 saturated carbocycles. The van der Waals surface area contributed by atoms with Gasteiger partial charge in [-0.15, -0.1) is 0 Å². The Kier molecular flexibility index (Phi) is 5.84. The Hall–Kier alpha value is -2.82. The number of aromatic nitrogens is 2. The summed E-state index contributed by atoms with van der Waals surface area (Å²) in [6.07, 6.45) is 12.0. The van der Waals surface area contributed by atoms with E-state index < -0.39 is 0 Å². The number of methoxy groups -OCH3 is 1. The Labute approximate surface area is 172 Å². The molecule has 1 aliphatic rings. The molecule has 2 aromatic heterocycles. The number of nitrogens with one attached hydrogen (secondary N) is 1. The number of imidazole rings is 1. The number of nitrogens with zero attached hydrogens (tertiary/aromatic N) is 2. The maximum absolute atomic E-state index is 12.6. The lowest BCUT2D eigenvalue weighted by atomic mass is 9.86. The zero-order valence-electron chi connectivity index (χ0n) is 17.3. The number of hydrogen-bond acceptors (Lipinski definition) is 3. The number of ether oxygens (including phenoxy) is 1. The molecule has 0 radical (unpaired) electrons. The van der Waals surface area contributed by atoms with Crippen LogP contribution in [0.25, 0.3) is 16.9 Å². The van der Waals surface area contributed by atoms with Crippen molar-refractivity contribution in [3.05, 3.63) is 48.3 Å². The largest absolute Gasteiger partial charge is 0.495 e. The molecule has 29 heavy (non-hydrogen) atoms. The van der Waals surface area contributed by atoms with E-state index in [1.54, 1.807) is 7.11 Å². The summed E-state index contributed by atoms with van der Waals surface area (Å²) in [6, 6.07) is 9.89. The second-order valence-electron chi connectivity index (χ2n) is 8.05. The summed E-state index contributed by atoms with van der Waals surface area (Å²) in [5.74, 6) is 1.42. The van der Waals surface area contributed by atoms with Gasteiger partial charge in [-0.1, -0.05) is 38.2 Å². The van der Waals surface area contributed by atoms with Gasteiger partial charge in [-0.25, -0.2) is 4.98 Å². The minimum atomic E-state index is 0.0527. The predicted octanol–water partition coefficient (Wildman–Crippen LogP) is 5.62. The van der Waals surface area contributed by atoms with Gasteiger partial charge in [0.05, 0.1) is 18.5 Å². The lowest BCUT2D eigenvalue weighted by Crippen LogP contribution is -2.15. The number of anilines is 1. The lowest BCUT2D eigenvalue weighted by molar-refractivity contribution is -0.116. The first-order chi connectivity index (χ1) is 14.1. The quantitative estimate of drug-likeness (QED) is 0.593. The minimum absolute atomic E-state index is 0.0527. The van der Waals surface area contributed by atoms with Crippen LogP contribution < -0.4 is 10.1 Å². The molecular weight excluding hydrogens is 362 g/mol. The van der Waals surface area contributed by atoms with Crippen molar-refractivity contribution in [3.8, 4) is 17.0 Å². The molecule has 1 N–H and O–H groups in total. The third kappa shape index (κ3) is 4.44. The Morgan fingerprint density at radius 2 is 2.07 bits per heavy atom. The fourth-order valence-electron chi connectivity index (χ4n) is 4.28. The molecule has 1 fully saturated rings. The van der Waals surface area contributed by atoms with Gasteiger partial charge >= 0.3 is 0 Å². The molecule has 2 heterocycles. The van der Waals surface area contributed by atoms with E-state index in [0.717, 1.165) is 28.9 Å². The van der Waals surface area contributed by atoms with E-state index in [-0.39, 0.29) is 5.91 Å². The van der Waals surface area contributed by atoms with Crippen LogP contribution in [0.15, 0.2) is 42.7 Å². The van der Waals surface area contributed by atoms with Crippen LogP contribution in [0.3, 0.4) is 0 Å². The SMILES string of the molecule is COc1ccc(-c2cn3cccc(C)c3n2)cc1NC(=O)CCC1CCCCC1. The number of amides is 1. The first-order valence-electron chi connectivity index (χ1n) is 10.6. The number of pyridine rings is 1. The molecule has 1 amide bonds. The maximum Gasteiger partial charge on any atom is 0.224 e. The van der Waals surface area contributed by atoms with Crippen molar-refractivity contribution in [2.45, 2.75) is 51.9 Å². The van der Waals surface area contributed by atoms with Crippen molar-refractivity contribution in [3.63, 3.8) is 0 Å². The van der Waals surface area contributed by atoms with E-state index in [2.05, 4.69) is 18.3 Å². The summed E-state index contributed by atoms with van der Waals surface area (Å²) in [5.41, 5.74) is 4.60. The number of aryl methyl sites for hydroxylation is 1. The molecule has 0 atom stereocenters. The predicted molar refractivity (Wildman–Crippen MR) is 116 cm³/mol. The van der Waals surface area contributed by atoms with Gasteiger partial charge in [0.25, 0.3) is 0 Å². The van der Waals surface area contributed by atoms with Gasteiger partial charge in [-0.3, -0.25) is 4.79 Å². The molecule has 5 heteroatoms. The Bertz CT molecular complexity index is 1000. The summed E-state index contributed by atoms with van der Waals surface area (Å²) >= 11 is 0. The van der Waals surface area contributed by atoms with Crippen LogP contribution in [0, 0.1) is 12.8 Å². The highest BCUT2D eigenvalue weighted by Crippen LogP contribution is 2.32. The summed E-state index contributed by atoms with van der Waals surface area (Å²) in [7, 11) is 1.63. The number of carbonyl (C=O) groups is 1. The average molecular weight is 392 g/mol. The van der Waals surface area contributed by atoms with Gasteiger partial charge in [-0.05, 0) is 49.1 Å². The highest BCUT2D eigenvalue weighted by molar-refractivity contribution is 5.93. The van der Waals surface area contributed by atoms with E-state index >= 15 is 0 Å². The van der Waals surface area contributed by atoms with E-state index in [1.807, 2.05) is 41.1 Å². The third-order valence-corrected chi connectivity index (χ3v) is 5.95. The van der Waals surface area contributed by atoms with Crippen molar-refractivity contribution in [1.29, 1.82) is 0 Å². The van der Waals surface area contributed by atoms with Crippen molar-refractivity contribution in [1.82, 2.24) is 9.38 Å². The van der Waals surface area contributed by atoms with Gasteiger partial charge in [-0.2, -0.15) is 0 Å². The average Bonchev–Trinajstić information content (AvgIpc) is 3.19. The molecule has 1 aromatic carbocycles. The van der Waals surface area contributed by atoms with E-state index in [4.69, 9.17) is 9.72 Å². The van der Waals surface area contributed by atoms with Crippen molar-refractivity contribution >= 4 is 17.2 Å². The standard InChI is InChI=1S/C24H29N3O2/c1-17-7-6-14-27-16-21(26-24(17)27)19-11-12-22(29-2)20(15-19)25-23(28)13-10-18-8-4-3-5-9-18/h6-7,11-12,14-16,18H,3-5,8-10,13H2,1-2H3,(H,25,28). The second-order valence-corrected chi connectivity index (χ2v) is 8.05. The smallest absolute Gasteiger partial charge is 0.224 e. The highest BCUT2D eigenvalue weighted by atomic mass is 16.5. The number of fused-ring (bicyclic) bond motifs is 1. The molecule has 0 saturated heterocycles. The highest BCUT2D eigenvalue weighted by Gasteiger charge is 2.16. The molecule has 4 rings (SSSR count). The number of rotatable bonds is 6. The van der Waals surface area contributed by atoms with Crippen LogP contribution >= 0.6 is 0 Å². The van der Waals surface area contributed by atoms with E-state index in [1.165, 1.54) is 32.1 Å². The van der Waals surface area contributed by atoms with Crippen LogP contribution in [0.5, 0.6) is 5.75 Å². The van der Waals surface area contributed by atoms with Crippen LogP contribution in [0.4, 0.5) is 5.69 Å². The topological polar surface area (TPSA) is 55.6 Å². The molecule has 0 bridgehead atoms. The Morgan fingerprint density at radius 3 is 2.83 bits per heavy atom. The number of benzene rings is 1. The molecule has 0 aliphatic heterocycles. The van der Waals surface area contributed by atoms with Crippen LogP contribution in [0.2, 0.25) is 0 Å². The van der Waals surface area contributed by atoms with Crippen molar-refractivity contribution in [2.24, 2.45) is 5.92 Å². The molecular formula is C24H29N3O2. The Balaban J connectivity index is 1.51. The number of carbonyl (C=O) groups excluding carboxylic acids is 1. The zero-order valence-corrected chi connectivity index (χ0v) is 17.3. The summed E-state index contributed by atoms with van der Waals surface area (Å²) in [4.78, 5) is 17.3. The van der Waals surface area contributed by atoms with Gasteiger partial charge < -0.3 is 14.5 Å². The Morgan fingerprint density at radius 1 is 1.24 bits per heavy atom. The molecule has 0 spiro atoms. The van der Waals surface area contributed by atoms with Gasteiger partial charge in [0.1, 0.15) is 11.4 Å². The third-order valence-electron chi connectivity index (χ3n) is 5.95. The minimum Gasteiger partial charge on any atom is -0.495 e. The number of hydrogen-bond donors (Lipinski definition) is 1. The van der Waals surface area contributed by atoms with E-state index in [9.17, 15) is 4.79 Å². The molecule has 0 unspecified atom stereocenters. The van der Waals surface area contributed by atoms with Gasteiger partial charge in [0.2, 0.25) is 5.91 Å². The van der Waals surface area contributed by atoms with E-state index in [0.29, 0.717) is 23.8 Å².